The smallest absolute Gasteiger partial charge is 0.339 e. The molecule has 0 saturated heterocycles. The summed E-state index contributed by atoms with van der Waals surface area (Å²) < 4.78 is 6.51. The lowest BCUT2D eigenvalue weighted by atomic mass is 10.3. The van der Waals surface area contributed by atoms with E-state index in [4.69, 9.17) is 10.00 Å². The lowest BCUT2D eigenvalue weighted by molar-refractivity contribution is 0.0526. The summed E-state index contributed by atoms with van der Waals surface area (Å²) in [7, 11) is 0. The molecule has 2 aromatic heterocycles. The molecule has 0 bridgehead atoms. The third-order valence-electron chi connectivity index (χ3n) is 2.37. The van der Waals surface area contributed by atoms with E-state index in [0.717, 1.165) is 0 Å². The zero-order valence-electron chi connectivity index (χ0n) is 9.83. The number of aromatic nitrogens is 2. The molecule has 0 spiro atoms. The number of nitriles is 1. The first-order valence-electron chi connectivity index (χ1n) is 5.47. The third-order valence-corrected chi connectivity index (χ3v) is 2.37. The van der Waals surface area contributed by atoms with Crippen LogP contribution in [0, 0.1) is 11.3 Å². The number of hydrogen-bond acceptors (Lipinski definition) is 4. The second-order valence-electron chi connectivity index (χ2n) is 3.50. The van der Waals surface area contributed by atoms with Gasteiger partial charge in [0.25, 0.3) is 0 Å². The Hall–Kier alpha value is -2.61. The maximum Gasteiger partial charge on any atom is 0.339 e. The van der Waals surface area contributed by atoms with Crippen LogP contribution in [-0.4, -0.2) is 22.1 Å². The molecule has 0 aliphatic rings. The first kappa shape index (κ1) is 11.9. The Labute approximate surface area is 104 Å². The summed E-state index contributed by atoms with van der Waals surface area (Å²) in [6.07, 6.45) is 3.18. The molecule has 0 saturated carbocycles. The minimum Gasteiger partial charge on any atom is -0.462 e. The fraction of sp³-hybridized carbons (Fsp3) is 0.154. The van der Waals surface area contributed by atoms with Crippen molar-refractivity contribution in [1.29, 1.82) is 5.26 Å². The number of esters is 1. The highest BCUT2D eigenvalue weighted by Gasteiger charge is 2.08. The van der Waals surface area contributed by atoms with E-state index in [2.05, 4.69) is 11.1 Å². The fourth-order valence-electron chi connectivity index (χ4n) is 1.54. The van der Waals surface area contributed by atoms with Crippen molar-refractivity contribution in [3.05, 3.63) is 47.9 Å². The molecule has 0 aliphatic carbocycles. The summed E-state index contributed by atoms with van der Waals surface area (Å²) in [5, 5.41) is 8.91. The maximum atomic E-state index is 11.4. The van der Waals surface area contributed by atoms with Crippen LogP contribution in [0.1, 0.15) is 23.0 Å². The predicted molar refractivity (Wildman–Crippen MR) is 64.2 cm³/mol. The van der Waals surface area contributed by atoms with E-state index in [0.29, 0.717) is 23.7 Å². The number of carbonyl (C=O) groups is 1. The first-order chi connectivity index (χ1) is 8.76. The van der Waals surface area contributed by atoms with Crippen molar-refractivity contribution in [1.82, 2.24) is 9.55 Å². The van der Waals surface area contributed by atoms with Gasteiger partial charge in [0.1, 0.15) is 17.6 Å². The van der Waals surface area contributed by atoms with Gasteiger partial charge in [-0.25, -0.2) is 9.78 Å². The van der Waals surface area contributed by atoms with Crippen molar-refractivity contribution in [3.8, 4) is 11.9 Å². The molecule has 2 aromatic rings. The van der Waals surface area contributed by atoms with Crippen LogP contribution in [0.5, 0.6) is 0 Å². The number of carbonyl (C=O) groups excluding carboxylic acids is 1. The van der Waals surface area contributed by atoms with Crippen molar-refractivity contribution in [3.63, 3.8) is 0 Å². The summed E-state index contributed by atoms with van der Waals surface area (Å²) in [4.78, 5) is 15.6. The normalized spacial score (nSPS) is 9.78. The van der Waals surface area contributed by atoms with Gasteiger partial charge in [0.15, 0.2) is 0 Å². The molecule has 0 aliphatic heterocycles. The molecule has 0 amide bonds. The van der Waals surface area contributed by atoms with Gasteiger partial charge in [-0.15, -0.1) is 0 Å². The molecule has 18 heavy (non-hydrogen) atoms. The first-order valence-corrected chi connectivity index (χ1v) is 5.47. The standard InChI is InChI=1S/C13H11N3O2/c1-2-18-13(17)10-5-6-12(15-9-10)16-7-3-4-11(16)8-14/h3-7,9H,2H2,1H3. The molecule has 2 rings (SSSR count). The number of rotatable bonds is 3. The zero-order chi connectivity index (χ0) is 13.0. The van der Waals surface area contributed by atoms with Gasteiger partial charge in [-0.3, -0.25) is 4.57 Å². The molecule has 5 nitrogen and oxygen atoms in total. The molecule has 90 valence electrons. The number of pyridine rings is 1. The Morgan fingerprint density at radius 2 is 2.33 bits per heavy atom. The molecule has 0 unspecified atom stereocenters. The Bertz CT molecular complexity index is 593. The Morgan fingerprint density at radius 1 is 1.50 bits per heavy atom. The van der Waals surface area contributed by atoms with Gasteiger partial charge < -0.3 is 4.74 Å². The zero-order valence-corrected chi connectivity index (χ0v) is 9.83. The average molecular weight is 241 g/mol. The number of hydrogen-bond donors (Lipinski definition) is 0. The highest BCUT2D eigenvalue weighted by Crippen LogP contribution is 2.10. The fourth-order valence-corrected chi connectivity index (χ4v) is 1.54. The molecule has 0 aromatic carbocycles. The van der Waals surface area contributed by atoms with Crippen LogP contribution in [0.15, 0.2) is 36.7 Å². The molecule has 0 fully saturated rings. The molecule has 2 heterocycles. The van der Waals surface area contributed by atoms with E-state index in [1.54, 1.807) is 42.0 Å². The summed E-state index contributed by atoms with van der Waals surface area (Å²) >= 11 is 0. The topological polar surface area (TPSA) is 67.9 Å². The van der Waals surface area contributed by atoms with Crippen molar-refractivity contribution < 1.29 is 9.53 Å². The lowest BCUT2D eigenvalue weighted by Gasteiger charge is -2.05. The van der Waals surface area contributed by atoms with Crippen molar-refractivity contribution in [2.45, 2.75) is 6.92 Å². The summed E-state index contributed by atoms with van der Waals surface area (Å²) in [5.41, 5.74) is 0.887. The van der Waals surface area contributed by atoms with E-state index in [1.165, 1.54) is 6.20 Å². The Morgan fingerprint density at radius 3 is 2.94 bits per heavy atom. The SMILES string of the molecule is CCOC(=O)c1ccc(-n2cccc2C#N)nc1. The third kappa shape index (κ3) is 2.23. The molecular formula is C13H11N3O2. The number of ether oxygens (including phenoxy) is 1. The quantitative estimate of drug-likeness (QED) is 0.770. The second kappa shape index (κ2) is 5.15. The summed E-state index contributed by atoms with van der Waals surface area (Å²) in [5.74, 6) is 0.189. The summed E-state index contributed by atoms with van der Waals surface area (Å²) in [6, 6.07) is 8.82. The number of nitrogens with zero attached hydrogens (tertiary/aromatic N) is 3. The highest BCUT2D eigenvalue weighted by atomic mass is 16.5. The minimum atomic E-state index is -0.399. The van der Waals surface area contributed by atoms with Crippen LogP contribution in [0.25, 0.3) is 5.82 Å². The van der Waals surface area contributed by atoms with Gasteiger partial charge in [-0.2, -0.15) is 5.26 Å². The second-order valence-corrected chi connectivity index (χ2v) is 3.50. The van der Waals surface area contributed by atoms with Crippen LogP contribution in [0.3, 0.4) is 0 Å². The van der Waals surface area contributed by atoms with Gasteiger partial charge in [-0.05, 0) is 31.2 Å². The van der Waals surface area contributed by atoms with Crippen LogP contribution >= 0.6 is 0 Å². The largest absolute Gasteiger partial charge is 0.462 e. The van der Waals surface area contributed by atoms with Crippen LogP contribution < -0.4 is 0 Å². The van der Waals surface area contributed by atoms with Crippen molar-refractivity contribution in [2.24, 2.45) is 0 Å². The van der Waals surface area contributed by atoms with E-state index < -0.39 is 5.97 Å². The molecule has 0 atom stereocenters. The van der Waals surface area contributed by atoms with Crippen LogP contribution in [0.2, 0.25) is 0 Å². The van der Waals surface area contributed by atoms with E-state index >= 15 is 0 Å². The molecule has 0 radical (unpaired) electrons. The monoisotopic (exact) mass is 241 g/mol. The predicted octanol–water partition coefficient (Wildman–Crippen LogP) is 1.92. The van der Waals surface area contributed by atoms with Crippen LogP contribution in [-0.2, 0) is 4.74 Å². The lowest BCUT2D eigenvalue weighted by Crippen LogP contribution is -2.06. The maximum absolute atomic E-state index is 11.4. The van der Waals surface area contributed by atoms with E-state index in [9.17, 15) is 4.79 Å². The van der Waals surface area contributed by atoms with Gasteiger partial charge in [-0.1, -0.05) is 0 Å². The van der Waals surface area contributed by atoms with Crippen LogP contribution in [0.4, 0.5) is 0 Å². The average Bonchev–Trinajstić information content (AvgIpc) is 2.87. The van der Waals surface area contributed by atoms with Gasteiger partial charge in [0.05, 0.1) is 12.2 Å². The Kier molecular flexibility index (Phi) is 3.39. The molecular weight excluding hydrogens is 230 g/mol. The summed E-state index contributed by atoms with van der Waals surface area (Å²) in [6.45, 7) is 2.08. The Balaban J connectivity index is 2.28. The highest BCUT2D eigenvalue weighted by molar-refractivity contribution is 5.89. The van der Waals surface area contributed by atoms with Crippen molar-refractivity contribution in [2.75, 3.05) is 6.61 Å². The van der Waals surface area contributed by atoms with E-state index in [1.807, 2.05) is 0 Å². The molecule has 5 heteroatoms. The van der Waals surface area contributed by atoms with Gasteiger partial charge >= 0.3 is 5.97 Å². The van der Waals surface area contributed by atoms with Crippen molar-refractivity contribution >= 4 is 5.97 Å². The minimum absolute atomic E-state index is 0.330. The molecule has 0 N–H and O–H groups in total. The van der Waals surface area contributed by atoms with Gasteiger partial charge in [0.2, 0.25) is 0 Å². The van der Waals surface area contributed by atoms with E-state index in [-0.39, 0.29) is 0 Å². The van der Waals surface area contributed by atoms with Gasteiger partial charge in [0, 0.05) is 12.4 Å².